The zero-order chi connectivity index (χ0) is 19.5. The summed E-state index contributed by atoms with van der Waals surface area (Å²) in [6.07, 6.45) is 2.36. The quantitative estimate of drug-likeness (QED) is 0.346. The molecule has 0 aliphatic rings. The third-order valence-electron chi connectivity index (χ3n) is 4.15. The second kappa shape index (κ2) is 8.02. The Hall–Kier alpha value is -2.87. The molecule has 0 aliphatic carbocycles. The molecule has 0 saturated heterocycles. The van der Waals surface area contributed by atoms with Crippen LogP contribution < -0.4 is 5.56 Å². The highest BCUT2D eigenvalue weighted by atomic mass is 32.2. The van der Waals surface area contributed by atoms with Crippen LogP contribution >= 0.6 is 11.8 Å². The maximum Gasteiger partial charge on any atom is 0.262 e. The van der Waals surface area contributed by atoms with E-state index < -0.39 is 0 Å². The largest absolute Gasteiger partial charge is 0.467 e. The smallest absolute Gasteiger partial charge is 0.262 e. The maximum atomic E-state index is 13.0. The molecule has 0 saturated carbocycles. The molecule has 3 heterocycles. The third kappa shape index (κ3) is 4.01. The highest BCUT2D eigenvalue weighted by Crippen LogP contribution is 2.22. The Bertz CT molecular complexity index is 1130. The monoisotopic (exact) mass is 396 g/mol. The van der Waals surface area contributed by atoms with Crippen molar-refractivity contribution in [2.75, 3.05) is 0 Å². The topological polar surface area (TPSA) is 87.0 Å². The van der Waals surface area contributed by atoms with Gasteiger partial charge in [0.25, 0.3) is 5.56 Å². The molecule has 0 unspecified atom stereocenters. The van der Waals surface area contributed by atoms with Gasteiger partial charge in [-0.05, 0) is 30.2 Å². The first-order chi connectivity index (χ1) is 13.6. The highest BCUT2D eigenvalue weighted by Gasteiger charge is 2.15. The molecule has 0 atom stereocenters. The van der Waals surface area contributed by atoms with E-state index in [0.717, 1.165) is 6.42 Å². The molecule has 0 fully saturated rings. The molecule has 8 heteroatoms. The zero-order valence-corrected chi connectivity index (χ0v) is 16.5. The van der Waals surface area contributed by atoms with E-state index >= 15 is 0 Å². The van der Waals surface area contributed by atoms with Crippen molar-refractivity contribution in [2.45, 2.75) is 37.7 Å². The van der Waals surface area contributed by atoms with Crippen LogP contribution in [-0.2, 0) is 18.7 Å². The lowest BCUT2D eigenvalue weighted by atomic mass is 10.1. The van der Waals surface area contributed by atoms with Crippen LogP contribution in [0.25, 0.3) is 10.9 Å². The van der Waals surface area contributed by atoms with Crippen molar-refractivity contribution in [1.82, 2.24) is 19.7 Å². The van der Waals surface area contributed by atoms with Gasteiger partial charge < -0.3 is 8.94 Å². The fraction of sp³-hybridized carbons (Fsp3) is 0.300. The van der Waals surface area contributed by atoms with E-state index in [4.69, 9.17) is 8.94 Å². The van der Waals surface area contributed by atoms with Gasteiger partial charge >= 0.3 is 0 Å². The number of furan rings is 1. The van der Waals surface area contributed by atoms with Crippen molar-refractivity contribution in [1.29, 1.82) is 0 Å². The minimum absolute atomic E-state index is 0.101. The van der Waals surface area contributed by atoms with E-state index in [1.54, 1.807) is 23.0 Å². The zero-order valence-electron chi connectivity index (χ0n) is 15.7. The van der Waals surface area contributed by atoms with Gasteiger partial charge in [-0.2, -0.15) is 4.98 Å². The Kier molecular flexibility index (Phi) is 5.29. The predicted molar refractivity (Wildman–Crippen MR) is 106 cm³/mol. The molecule has 4 rings (SSSR count). The second-order valence-corrected chi connectivity index (χ2v) is 7.82. The summed E-state index contributed by atoms with van der Waals surface area (Å²) < 4.78 is 12.4. The highest BCUT2D eigenvalue weighted by molar-refractivity contribution is 7.98. The molecule has 0 radical (unpaired) electrons. The molecule has 0 bridgehead atoms. The lowest BCUT2D eigenvalue weighted by Crippen LogP contribution is -2.23. The first-order valence-corrected chi connectivity index (χ1v) is 10.0. The number of fused-ring (bicyclic) bond motifs is 1. The molecular formula is C20H20N4O3S. The average molecular weight is 396 g/mol. The van der Waals surface area contributed by atoms with Gasteiger partial charge in [0.1, 0.15) is 5.76 Å². The summed E-state index contributed by atoms with van der Waals surface area (Å²) in [5, 5.41) is 5.18. The summed E-state index contributed by atoms with van der Waals surface area (Å²) >= 11 is 1.40. The predicted octanol–water partition coefficient (Wildman–Crippen LogP) is 3.91. The maximum absolute atomic E-state index is 13.0. The van der Waals surface area contributed by atoms with Gasteiger partial charge in [-0.15, -0.1) is 0 Å². The van der Waals surface area contributed by atoms with Gasteiger partial charge in [0.15, 0.2) is 11.0 Å². The molecule has 7 nitrogen and oxygen atoms in total. The van der Waals surface area contributed by atoms with Gasteiger partial charge in [0.2, 0.25) is 5.89 Å². The summed E-state index contributed by atoms with van der Waals surface area (Å²) in [4.78, 5) is 22.1. The van der Waals surface area contributed by atoms with E-state index in [1.165, 1.54) is 11.8 Å². The second-order valence-electron chi connectivity index (χ2n) is 6.87. The van der Waals surface area contributed by atoms with Crippen LogP contribution in [0.4, 0.5) is 0 Å². The summed E-state index contributed by atoms with van der Waals surface area (Å²) in [5.74, 6) is 2.81. The van der Waals surface area contributed by atoms with E-state index in [-0.39, 0.29) is 5.56 Å². The fourth-order valence-electron chi connectivity index (χ4n) is 2.88. The molecule has 1 aromatic carbocycles. The first-order valence-electron chi connectivity index (χ1n) is 9.06. The first kappa shape index (κ1) is 18.5. The van der Waals surface area contributed by atoms with Crippen molar-refractivity contribution in [3.8, 4) is 0 Å². The van der Waals surface area contributed by atoms with Crippen LogP contribution in [0.2, 0.25) is 0 Å². The standard InChI is InChI=1S/C20H20N4O3S/c1-13(2)10-17-22-18(27-23-17)12-28-20-21-16-8-4-3-7-15(16)19(25)24(20)11-14-6-5-9-26-14/h3-9,13H,10-12H2,1-2H3. The van der Waals surface area contributed by atoms with Crippen LogP contribution in [0.15, 0.2) is 61.6 Å². The van der Waals surface area contributed by atoms with Crippen molar-refractivity contribution >= 4 is 22.7 Å². The molecule has 28 heavy (non-hydrogen) atoms. The molecular weight excluding hydrogens is 376 g/mol. The number of aromatic nitrogens is 4. The van der Waals surface area contributed by atoms with Gasteiger partial charge in [0.05, 0.1) is 29.5 Å². The molecule has 0 amide bonds. The summed E-state index contributed by atoms with van der Waals surface area (Å²) in [7, 11) is 0. The SMILES string of the molecule is CC(C)Cc1noc(CSc2nc3ccccc3c(=O)n2Cc2ccco2)n1. The number of hydrogen-bond acceptors (Lipinski definition) is 7. The van der Waals surface area contributed by atoms with E-state index in [0.29, 0.717) is 51.8 Å². The average Bonchev–Trinajstić information content (AvgIpc) is 3.34. The van der Waals surface area contributed by atoms with E-state index in [2.05, 4.69) is 29.0 Å². The lowest BCUT2D eigenvalue weighted by molar-refractivity contribution is 0.382. The Morgan fingerprint density at radius 2 is 2.00 bits per heavy atom. The molecule has 3 aromatic heterocycles. The minimum atomic E-state index is -0.101. The van der Waals surface area contributed by atoms with Gasteiger partial charge in [-0.3, -0.25) is 9.36 Å². The molecule has 144 valence electrons. The van der Waals surface area contributed by atoms with Gasteiger partial charge in [-0.1, -0.05) is 42.9 Å². The Morgan fingerprint density at radius 1 is 1.14 bits per heavy atom. The van der Waals surface area contributed by atoms with E-state index in [9.17, 15) is 4.79 Å². The summed E-state index contributed by atoms with van der Waals surface area (Å²) in [6, 6.07) is 11.0. The summed E-state index contributed by atoms with van der Waals surface area (Å²) in [6.45, 7) is 4.53. The van der Waals surface area contributed by atoms with Gasteiger partial charge in [-0.25, -0.2) is 4.98 Å². The number of para-hydroxylation sites is 1. The number of nitrogens with zero attached hydrogens (tertiary/aromatic N) is 4. The molecule has 0 N–H and O–H groups in total. The summed E-state index contributed by atoms with van der Waals surface area (Å²) in [5.41, 5.74) is 0.562. The van der Waals surface area contributed by atoms with Crippen LogP contribution in [0.1, 0.15) is 31.3 Å². The number of hydrogen-bond donors (Lipinski definition) is 0. The van der Waals surface area contributed by atoms with Crippen molar-refractivity contribution in [2.24, 2.45) is 5.92 Å². The number of benzene rings is 1. The minimum Gasteiger partial charge on any atom is -0.467 e. The van der Waals surface area contributed by atoms with Crippen LogP contribution in [0, 0.1) is 5.92 Å². The Morgan fingerprint density at radius 3 is 2.79 bits per heavy atom. The lowest BCUT2D eigenvalue weighted by Gasteiger charge is -2.11. The van der Waals surface area contributed by atoms with Crippen molar-refractivity contribution < 1.29 is 8.94 Å². The Labute approximate surface area is 165 Å². The molecule has 0 aliphatic heterocycles. The number of thioether (sulfide) groups is 1. The fourth-order valence-corrected chi connectivity index (χ4v) is 3.71. The normalized spacial score (nSPS) is 11.5. The van der Waals surface area contributed by atoms with Crippen molar-refractivity contribution in [3.63, 3.8) is 0 Å². The van der Waals surface area contributed by atoms with Gasteiger partial charge in [0, 0.05) is 6.42 Å². The van der Waals surface area contributed by atoms with Crippen LogP contribution in [-0.4, -0.2) is 19.7 Å². The number of rotatable bonds is 7. The van der Waals surface area contributed by atoms with Crippen LogP contribution in [0.5, 0.6) is 0 Å². The Balaban J connectivity index is 1.64. The molecule has 4 aromatic rings. The third-order valence-corrected chi connectivity index (χ3v) is 5.11. The van der Waals surface area contributed by atoms with Crippen LogP contribution in [0.3, 0.4) is 0 Å². The molecule has 0 spiro atoms. The van der Waals surface area contributed by atoms with E-state index in [1.807, 2.05) is 24.3 Å². The van der Waals surface area contributed by atoms with Crippen molar-refractivity contribution in [3.05, 3.63) is 70.5 Å².